The number of benzene rings is 1. The zero-order valence-corrected chi connectivity index (χ0v) is 15.0. The number of aryl methyl sites for hydroxylation is 1. The van der Waals surface area contributed by atoms with Gasteiger partial charge in [0.2, 0.25) is 0 Å². The third-order valence-corrected chi connectivity index (χ3v) is 4.17. The van der Waals surface area contributed by atoms with E-state index in [4.69, 9.17) is 0 Å². The second kappa shape index (κ2) is 6.97. The van der Waals surface area contributed by atoms with Crippen molar-refractivity contribution in [2.45, 2.75) is 13.1 Å². The molecule has 146 valence electrons. The number of amides is 1. The quantitative estimate of drug-likeness (QED) is 0.568. The second-order valence-electron chi connectivity index (χ2n) is 6.16. The lowest BCUT2D eigenvalue weighted by Crippen LogP contribution is -2.18. The molecule has 0 unspecified atom stereocenters. The van der Waals surface area contributed by atoms with Gasteiger partial charge in [0.25, 0.3) is 11.7 Å². The summed E-state index contributed by atoms with van der Waals surface area (Å²) in [5.74, 6) is -0.106. The van der Waals surface area contributed by atoms with E-state index in [-0.39, 0.29) is 17.0 Å². The van der Waals surface area contributed by atoms with Gasteiger partial charge in [-0.05, 0) is 31.2 Å². The Morgan fingerprint density at radius 2 is 1.90 bits per heavy atom. The fourth-order valence-corrected chi connectivity index (χ4v) is 2.77. The van der Waals surface area contributed by atoms with Crippen molar-refractivity contribution in [3.05, 3.63) is 71.8 Å². The molecule has 4 rings (SSSR count). The van der Waals surface area contributed by atoms with Gasteiger partial charge in [-0.3, -0.25) is 9.78 Å². The van der Waals surface area contributed by atoms with E-state index < -0.39 is 17.6 Å². The summed E-state index contributed by atoms with van der Waals surface area (Å²) in [5.41, 5.74) is -0.207. The van der Waals surface area contributed by atoms with Gasteiger partial charge in [-0.15, -0.1) is 5.10 Å². The van der Waals surface area contributed by atoms with E-state index in [2.05, 4.69) is 25.4 Å². The van der Waals surface area contributed by atoms with Gasteiger partial charge in [-0.25, -0.2) is 9.50 Å². The Morgan fingerprint density at radius 3 is 2.62 bits per heavy atom. The van der Waals surface area contributed by atoms with E-state index in [1.165, 1.54) is 28.9 Å². The van der Waals surface area contributed by atoms with Gasteiger partial charge in [-0.2, -0.15) is 18.2 Å². The Bertz CT molecular complexity index is 1200. The summed E-state index contributed by atoms with van der Waals surface area (Å²) in [6.45, 7) is 1.57. The molecule has 0 aliphatic heterocycles. The van der Waals surface area contributed by atoms with Crippen LogP contribution in [0.2, 0.25) is 0 Å². The maximum atomic E-state index is 13.2. The van der Waals surface area contributed by atoms with E-state index in [0.717, 1.165) is 6.07 Å². The first-order valence-electron chi connectivity index (χ1n) is 8.45. The number of carbonyl (C=O) groups is 1. The molecule has 0 bridgehead atoms. The van der Waals surface area contributed by atoms with Gasteiger partial charge >= 0.3 is 6.18 Å². The Morgan fingerprint density at radius 1 is 1.10 bits per heavy atom. The lowest BCUT2D eigenvalue weighted by molar-refractivity contribution is -0.136. The highest BCUT2D eigenvalue weighted by atomic mass is 19.4. The standard InChI is InChI=1S/C19H13F3N6O/c1-11-13(17(29)25-15-7-3-2-6-14(15)19(20,21)22)10-28-18(24-11)26-16(27-28)12-5-4-8-23-9-12/h2-10H,1H3,(H,25,29). The molecule has 0 saturated heterocycles. The highest BCUT2D eigenvalue weighted by Crippen LogP contribution is 2.34. The Balaban J connectivity index is 1.69. The van der Waals surface area contributed by atoms with Gasteiger partial charge in [-0.1, -0.05) is 12.1 Å². The number of carbonyl (C=O) groups excluding carboxylic acids is 1. The summed E-state index contributed by atoms with van der Waals surface area (Å²) in [7, 11) is 0. The molecular formula is C19H13F3N6O. The van der Waals surface area contributed by atoms with Crippen LogP contribution in [-0.2, 0) is 6.18 Å². The van der Waals surface area contributed by atoms with Gasteiger partial charge in [0.05, 0.1) is 22.5 Å². The fraction of sp³-hybridized carbons (Fsp3) is 0.105. The topological polar surface area (TPSA) is 85.1 Å². The third kappa shape index (κ3) is 3.64. The highest BCUT2D eigenvalue weighted by Gasteiger charge is 2.33. The molecule has 3 aromatic heterocycles. The minimum atomic E-state index is -4.59. The number of alkyl halides is 3. The minimum absolute atomic E-state index is 0.0807. The van der Waals surface area contributed by atoms with Crippen LogP contribution in [0.4, 0.5) is 18.9 Å². The molecule has 4 aromatic rings. The van der Waals surface area contributed by atoms with Gasteiger partial charge in [0.1, 0.15) is 0 Å². The number of rotatable bonds is 3. The first-order chi connectivity index (χ1) is 13.8. The molecule has 7 nitrogen and oxygen atoms in total. The fourth-order valence-electron chi connectivity index (χ4n) is 2.77. The van der Waals surface area contributed by atoms with Crippen LogP contribution in [0, 0.1) is 6.92 Å². The zero-order chi connectivity index (χ0) is 20.6. The van der Waals surface area contributed by atoms with Crippen molar-refractivity contribution < 1.29 is 18.0 Å². The van der Waals surface area contributed by atoms with Crippen molar-refractivity contribution in [1.29, 1.82) is 0 Å². The van der Waals surface area contributed by atoms with Gasteiger partial charge in [0.15, 0.2) is 5.82 Å². The van der Waals surface area contributed by atoms with Crippen LogP contribution in [0.15, 0.2) is 55.0 Å². The molecule has 1 aromatic carbocycles. The highest BCUT2D eigenvalue weighted by molar-refractivity contribution is 6.05. The number of aromatic nitrogens is 5. The first-order valence-corrected chi connectivity index (χ1v) is 8.45. The van der Waals surface area contributed by atoms with Crippen molar-refractivity contribution in [3.63, 3.8) is 0 Å². The largest absolute Gasteiger partial charge is 0.418 e. The number of nitrogens with zero attached hydrogens (tertiary/aromatic N) is 5. The van der Waals surface area contributed by atoms with Gasteiger partial charge in [0, 0.05) is 24.2 Å². The van der Waals surface area contributed by atoms with E-state index in [0.29, 0.717) is 17.1 Å². The normalized spacial score (nSPS) is 11.6. The zero-order valence-electron chi connectivity index (χ0n) is 15.0. The van der Waals surface area contributed by atoms with Crippen molar-refractivity contribution >= 4 is 17.4 Å². The average molecular weight is 398 g/mol. The predicted molar refractivity (Wildman–Crippen MR) is 98.1 cm³/mol. The van der Waals surface area contributed by atoms with Crippen LogP contribution in [0.3, 0.4) is 0 Å². The monoisotopic (exact) mass is 398 g/mol. The summed E-state index contributed by atoms with van der Waals surface area (Å²) < 4.78 is 40.8. The van der Waals surface area contributed by atoms with Crippen molar-refractivity contribution in [2.24, 2.45) is 0 Å². The summed E-state index contributed by atoms with van der Waals surface area (Å²) in [4.78, 5) is 25.2. The molecule has 0 atom stereocenters. The smallest absolute Gasteiger partial charge is 0.321 e. The predicted octanol–water partition coefficient (Wildman–Crippen LogP) is 3.77. The number of nitrogens with one attached hydrogen (secondary N) is 1. The third-order valence-electron chi connectivity index (χ3n) is 4.17. The number of fused-ring (bicyclic) bond motifs is 1. The number of hydrogen-bond donors (Lipinski definition) is 1. The van der Waals surface area contributed by atoms with Crippen LogP contribution >= 0.6 is 0 Å². The molecular weight excluding hydrogens is 385 g/mol. The summed E-state index contributed by atoms with van der Waals surface area (Å²) >= 11 is 0. The maximum absolute atomic E-state index is 13.2. The van der Waals surface area contributed by atoms with Crippen LogP contribution in [-0.4, -0.2) is 30.5 Å². The average Bonchev–Trinajstić information content (AvgIpc) is 3.10. The molecule has 1 amide bonds. The van der Waals surface area contributed by atoms with Crippen molar-refractivity contribution in [2.75, 3.05) is 5.32 Å². The molecule has 0 aliphatic carbocycles. The molecule has 0 radical (unpaired) electrons. The molecule has 0 fully saturated rings. The number of anilines is 1. The van der Waals surface area contributed by atoms with Crippen molar-refractivity contribution in [1.82, 2.24) is 24.6 Å². The van der Waals surface area contributed by atoms with Crippen LogP contribution in [0.1, 0.15) is 21.6 Å². The summed E-state index contributed by atoms with van der Waals surface area (Å²) in [6, 6.07) is 8.27. The molecule has 0 spiro atoms. The van der Waals surface area contributed by atoms with Gasteiger partial charge < -0.3 is 5.32 Å². The molecule has 10 heteroatoms. The van der Waals surface area contributed by atoms with Crippen LogP contribution < -0.4 is 5.32 Å². The van der Waals surface area contributed by atoms with E-state index in [1.54, 1.807) is 31.5 Å². The van der Waals surface area contributed by atoms with E-state index in [1.807, 2.05) is 0 Å². The molecule has 0 saturated carbocycles. The minimum Gasteiger partial charge on any atom is -0.321 e. The lowest BCUT2D eigenvalue weighted by Gasteiger charge is -2.14. The number of hydrogen-bond acceptors (Lipinski definition) is 5. The van der Waals surface area contributed by atoms with Crippen LogP contribution in [0.5, 0.6) is 0 Å². The number of para-hydroxylation sites is 1. The number of halogens is 3. The molecule has 0 aliphatic rings. The van der Waals surface area contributed by atoms with E-state index in [9.17, 15) is 18.0 Å². The Labute approximate surface area is 162 Å². The first kappa shape index (κ1) is 18.5. The lowest BCUT2D eigenvalue weighted by atomic mass is 10.1. The van der Waals surface area contributed by atoms with Crippen LogP contribution in [0.25, 0.3) is 17.2 Å². The van der Waals surface area contributed by atoms with E-state index >= 15 is 0 Å². The summed E-state index contributed by atoms with van der Waals surface area (Å²) in [6.07, 6.45) is -0.00599. The molecule has 29 heavy (non-hydrogen) atoms. The second-order valence-corrected chi connectivity index (χ2v) is 6.16. The SMILES string of the molecule is Cc1nc2nc(-c3cccnc3)nn2cc1C(=O)Nc1ccccc1C(F)(F)F. The number of pyridine rings is 1. The Kier molecular flexibility index (Phi) is 4.45. The molecule has 3 heterocycles. The van der Waals surface area contributed by atoms with Crippen molar-refractivity contribution in [3.8, 4) is 11.4 Å². The maximum Gasteiger partial charge on any atom is 0.418 e. The Hall–Kier alpha value is -3.82. The molecule has 1 N–H and O–H groups in total. The summed E-state index contributed by atoms with van der Waals surface area (Å²) in [5, 5.41) is 6.58.